The molecule has 4 nitrogen and oxygen atoms in total. The third-order valence-electron chi connectivity index (χ3n) is 2.29. The summed E-state index contributed by atoms with van der Waals surface area (Å²) in [6.07, 6.45) is 3.55. The zero-order valence-corrected chi connectivity index (χ0v) is 8.88. The largest absolute Gasteiger partial charge is 0.622 e. The van der Waals surface area contributed by atoms with Gasteiger partial charge in [0.2, 0.25) is 0 Å². The molecule has 2 heterocycles. The van der Waals surface area contributed by atoms with Crippen molar-refractivity contribution in [3.8, 4) is 0 Å². The number of nitrogens with zero attached hydrogens (tertiary/aromatic N) is 2. The van der Waals surface area contributed by atoms with Crippen LogP contribution in [0.5, 0.6) is 0 Å². The highest BCUT2D eigenvalue weighted by atomic mass is 35.5. The van der Waals surface area contributed by atoms with Crippen molar-refractivity contribution in [2.45, 2.75) is 19.9 Å². The highest BCUT2D eigenvalue weighted by molar-refractivity contribution is 6.67. The normalized spacial score (nSPS) is 20.7. The molecule has 5 heteroatoms. The number of allylic oxidation sites excluding steroid dienone is 1. The maximum Gasteiger partial charge on any atom is 0.283 e. The second-order valence-corrected chi connectivity index (χ2v) is 4.04. The lowest BCUT2D eigenvalue weighted by atomic mass is 10.1. The van der Waals surface area contributed by atoms with Crippen LogP contribution in [-0.4, -0.2) is 27.5 Å². The monoisotopic (exact) mass is 213 g/mol. The summed E-state index contributed by atoms with van der Waals surface area (Å²) < 4.78 is 0.780. The van der Waals surface area contributed by atoms with Gasteiger partial charge < -0.3 is 10.6 Å². The van der Waals surface area contributed by atoms with Gasteiger partial charge in [-0.2, -0.15) is 4.74 Å². The van der Waals surface area contributed by atoms with Crippen molar-refractivity contribution >= 4 is 16.8 Å². The highest BCUT2D eigenvalue weighted by Gasteiger charge is 2.29. The van der Waals surface area contributed by atoms with Gasteiger partial charge in [0.05, 0.1) is 11.3 Å². The number of hydrazine groups is 1. The SMILES string of the molecule is CC(C)N1NC=C2C[N+]([O-])=C(Cl)C=C21. The van der Waals surface area contributed by atoms with Crippen molar-refractivity contribution in [2.24, 2.45) is 0 Å². The van der Waals surface area contributed by atoms with E-state index < -0.39 is 0 Å². The van der Waals surface area contributed by atoms with E-state index in [0.717, 1.165) is 16.0 Å². The number of hydrogen-bond acceptors (Lipinski definition) is 3. The summed E-state index contributed by atoms with van der Waals surface area (Å²) in [6.45, 7) is 4.46. The van der Waals surface area contributed by atoms with Crippen LogP contribution in [0, 0.1) is 5.21 Å². The highest BCUT2D eigenvalue weighted by Crippen LogP contribution is 2.24. The van der Waals surface area contributed by atoms with Crippen molar-refractivity contribution in [1.82, 2.24) is 10.4 Å². The maximum absolute atomic E-state index is 11.2. The minimum atomic E-state index is 0.242. The number of hydroxylamine groups is 1. The fourth-order valence-corrected chi connectivity index (χ4v) is 1.74. The molecule has 0 saturated heterocycles. The first kappa shape index (κ1) is 9.40. The van der Waals surface area contributed by atoms with Crippen LogP contribution in [0.15, 0.2) is 23.5 Å². The number of halogens is 1. The first-order valence-corrected chi connectivity index (χ1v) is 4.91. The van der Waals surface area contributed by atoms with E-state index in [0.29, 0.717) is 12.6 Å². The summed E-state index contributed by atoms with van der Waals surface area (Å²) in [7, 11) is 0. The fraction of sp³-hybridized carbons (Fsp3) is 0.444. The summed E-state index contributed by atoms with van der Waals surface area (Å²) in [6, 6.07) is 0.331. The quantitative estimate of drug-likeness (QED) is 0.525. The molecular weight excluding hydrogens is 202 g/mol. The lowest BCUT2D eigenvalue weighted by Crippen LogP contribution is -2.36. The molecule has 0 bridgehead atoms. The Labute approximate surface area is 87.7 Å². The van der Waals surface area contributed by atoms with Crippen LogP contribution < -0.4 is 5.43 Å². The Morgan fingerprint density at radius 3 is 3.00 bits per heavy atom. The Morgan fingerprint density at radius 2 is 2.36 bits per heavy atom. The molecule has 0 saturated carbocycles. The molecule has 2 rings (SSSR count). The summed E-state index contributed by atoms with van der Waals surface area (Å²) in [5, 5.41) is 13.5. The minimum Gasteiger partial charge on any atom is -0.622 e. The van der Waals surface area contributed by atoms with Gasteiger partial charge in [-0.1, -0.05) is 0 Å². The Bertz CT molecular complexity index is 357. The number of rotatable bonds is 1. The zero-order valence-electron chi connectivity index (χ0n) is 8.12. The van der Waals surface area contributed by atoms with Gasteiger partial charge in [0, 0.05) is 18.3 Å². The molecule has 0 aliphatic carbocycles. The van der Waals surface area contributed by atoms with Crippen molar-refractivity contribution in [3.63, 3.8) is 0 Å². The number of nitrogens with one attached hydrogen (secondary N) is 1. The predicted molar refractivity (Wildman–Crippen MR) is 55.6 cm³/mol. The fourth-order valence-electron chi connectivity index (χ4n) is 1.58. The molecule has 0 atom stereocenters. The van der Waals surface area contributed by atoms with Crippen LogP contribution in [0.1, 0.15) is 13.8 Å². The molecule has 0 spiro atoms. The third kappa shape index (κ3) is 1.35. The van der Waals surface area contributed by atoms with Gasteiger partial charge in [0.1, 0.15) is 0 Å². The Hall–Kier alpha value is -1.16. The van der Waals surface area contributed by atoms with Crippen LogP contribution in [0.2, 0.25) is 0 Å². The second kappa shape index (κ2) is 3.20. The lowest BCUT2D eigenvalue weighted by molar-refractivity contribution is -0.445. The Morgan fingerprint density at radius 1 is 1.64 bits per heavy atom. The van der Waals surface area contributed by atoms with Crippen LogP contribution in [-0.2, 0) is 0 Å². The van der Waals surface area contributed by atoms with E-state index in [4.69, 9.17) is 11.6 Å². The standard InChI is InChI=1S/C9H12ClN3O/c1-6(2)13-8-3-9(10)12(14)5-7(8)4-11-13/h3-4,6,11H,5H2,1-2H3. The van der Waals surface area contributed by atoms with Crippen molar-refractivity contribution in [3.05, 3.63) is 28.8 Å². The topological polar surface area (TPSA) is 41.3 Å². The van der Waals surface area contributed by atoms with Gasteiger partial charge in [-0.15, -0.1) is 0 Å². The third-order valence-corrected chi connectivity index (χ3v) is 2.59. The molecule has 0 unspecified atom stereocenters. The van der Waals surface area contributed by atoms with Gasteiger partial charge in [0.25, 0.3) is 5.17 Å². The van der Waals surface area contributed by atoms with E-state index in [1.165, 1.54) is 0 Å². The molecule has 0 aromatic carbocycles. The molecule has 0 aromatic heterocycles. The molecule has 0 aromatic rings. The molecule has 0 fully saturated rings. The van der Waals surface area contributed by atoms with E-state index in [1.54, 1.807) is 6.08 Å². The molecular formula is C9H12ClN3O. The molecule has 2 aliphatic rings. The van der Waals surface area contributed by atoms with E-state index in [-0.39, 0.29) is 5.17 Å². The summed E-state index contributed by atoms with van der Waals surface area (Å²) in [4.78, 5) is 0. The average Bonchev–Trinajstić information content (AvgIpc) is 2.48. The van der Waals surface area contributed by atoms with Crippen LogP contribution in [0.25, 0.3) is 0 Å². The van der Waals surface area contributed by atoms with Gasteiger partial charge >= 0.3 is 0 Å². The summed E-state index contributed by atoms with van der Waals surface area (Å²) >= 11 is 5.78. The van der Waals surface area contributed by atoms with E-state index >= 15 is 0 Å². The molecule has 1 N–H and O–H groups in total. The van der Waals surface area contributed by atoms with Crippen molar-refractivity contribution in [1.29, 1.82) is 0 Å². The van der Waals surface area contributed by atoms with Gasteiger partial charge in [0.15, 0.2) is 6.54 Å². The molecule has 2 aliphatic heterocycles. The number of hydrogen-bond donors (Lipinski definition) is 1. The van der Waals surface area contributed by atoms with Crippen molar-refractivity contribution in [2.75, 3.05) is 6.54 Å². The number of fused-ring (bicyclic) bond motifs is 1. The smallest absolute Gasteiger partial charge is 0.283 e. The zero-order chi connectivity index (χ0) is 10.3. The Balaban J connectivity index is 2.34. The Kier molecular flexibility index (Phi) is 2.15. The maximum atomic E-state index is 11.2. The molecule has 14 heavy (non-hydrogen) atoms. The van der Waals surface area contributed by atoms with Gasteiger partial charge in [-0.25, -0.2) is 0 Å². The van der Waals surface area contributed by atoms with Gasteiger partial charge in [-0.3, -0.25) is 5.01 Å². The molecule has 0 amide bonds. The van der Waals surface area contributed by atoms with Crippen LogP contribution in [0.4, 0.5) is 0 Å². The predicted octanol–water partition coefficient (Wildman–Crippen LogP) is 1.14. The molecule has 76 valence electrons. The summed E-state index contributed by atoms with van der Waals surface area (Å²) in [5.74, 6) is 0. The minimum absolute atomic E-state index is 0.242. The molecule has 0 radical (unpaired) electrons. The first-order valence-electron chi connectivity index (χ1n) is 4.53. The second-order valence-electron chi connectivity index (χ2n) is 3.65. The van der Waals surface area contributed by atoms with Crippen LogP contribution >= 0.6 is 11.6 Å². The van der Waals surface area contributed by atoms with Crippen molar-refractivity contribution < 1.29 is 4.74 Å². The van der Waals surface area contributed by atoms with E-state index in [1.807, 2.05) is 11.2 Å². The van der Waals surface area contributed by atoms with Crippen LogP contribution in [0.3, 0.4) is 0 Å². The van der Waals surface area contributed by atoms with E-state index in [9.17, 15) is 5.21 Å². The first-order chi connectivity index (χ1) is 6.59. The van der Waals surface area contributed by atoms with E-state index in [2.05, 4.69) is 19.3 Å². The lowest BCUT2D eigenvalue weighted by Gasteiger charge is -2.26. The average molecular weight is 214 g/mol. The summed E-state index contributed by atoms with van der Waals surface area (Å²) in [5.41, 5.74) is 5.09. The van der Waals surface area contributed by atoms with Gasteiger partial charge in [-0.05, 0) is 25.4 Å².